The molecule has 0 aliphatic heterocycles. The van der Waals surface area contributed by atoms with Crippen LogP contribution >= 0.6 is 11.3 Å². The second kappa shape index (κ2) is 7.43. The van der Waals surface area contributed by atoms with Gasteiger partial charge in [0.05, 0.1) is 11.4 Å². The average Bonchev–Trinajstić information content (AvgIpc) is 3.09. The number of nitrogens with one attached hydrogen (secondary N) is 1. The van der Waals surface area contributed by atoms with Crippen LogP contribution in [0, 0.1) is 13.8 Å². The number of thiophene rings is 1. The molecule has 0 saturated heterocycles. The molecule has 26 heavy (non-hydrogen) atoms. The Morgan fingerprint density at radius 1 is 1.27 bits per heavy atom. The van der Waals surface area contributed by atoms with E-state index in [1.807, 2.05) is 51.5 Å². The molecule has 3 aromatic rings. The molecule has 6 heteroatoms. The lowest BCUT2D eigenvalue weighted by Gasteiger charge is -2.23. The van der Waals surface area contributed by atoms with Crippen LogP contribution in [-0.2, 0) is 0 Å². The van der Waals surface area contributed by atoms with Crippen molar-refractivity contribution >= 4 is 28.2 Å². The van der Waals surface area contributed by atoms with Crippen LogP contribution < -0.4 is 10.7 Å². The monoisotopic (exact) mass is 370 g/mol. The van der Waals surface area contributed by atoms with E-state index >= 15 is 0 Å². The van der Waals surface area contributed by atoms with Gasteiger partial charge in [0.25, 0.3) is 5.91 Å². The van der Waals surface area contributed by atoms with E-state index in [2.05, 4.69) is 10.2 Å². The van der Waals surface area contributed by atoms with Crippen LogP contribution in [-0.4, -0.2) is 31.4 Å². The van der Waals surface area contributed by atoms with Gasteiger partial charge in [0.1, 0.15) is 5.58 Å². The quantitative estimate of drug-likeness (QED) is 0.747. The number of fused-ring (bicyclic) bond motifs is 1. The van der Waals surface area contributed by atoms with Gasteiger partial charge >= 0.3 is 0 Å². The van der Waals surface area contributed by atoms with Crippen molar-refractivity contribution in [1.82, 2.24) is 10.2 Å². The van der Waals surface area contributed by atoms with Gasteiger partial charge in [-0.25, -0.2) is 0 Å². The zero-order chi connectivity index (χ0) is 18.8. The van der Waals surface area contributed by atoms with E-state index in [-0.39, 0.29) is 23.1 Å². The molecule has 0 aliphatic carbocycles. The third-order valence-corrected chi connectivity index (χ3v) is 5.31. The van der Waals surface area contributed by atoms with Crippen LogP contribution in [0.1, 0.15) is 32.6 Å². The smallest absolute Gasteiger partial charge is 0.287 e. The van der Waals surface area contributed by atoms with Crippen LogP contribution in [0.4, 0.5) is 0 Å². The standard InChI is InChI=1S/C20H22N2O3S/c1-12-8-13(2)19-14(9-12)16(23)10-17(25-19)20(24)21-11-15(22(3)4)18-6-5-7-26-18/h5-10,15H,11H2,1-4H3,(H,21,24)/t15-/m1/s1. The highest BCUT2D eigenvalue weighted by atomic mass is 32.1. The average molecular weight is 370 g/mol. The first-order valence-corrected chi connectivity index (χ1v) is 9.28. The lowest BCUT2D eigenvalue weighted by molar-refractivity contribution is 0.0915. The first-order valence-electron chi connectivity index (χ1n) is 8.40. The van der Waals surface area contributed by atoms with Crippen LogP contribution in [0.3, 0.4) is 0 Å². The van der Waals surface area contributed by atoms with Crippen LogP contribution in [0.5, 0.6) is 0 Å². The van der Waals surface area contributed by atoms with Gasteiger partial charge in [-0.1, -0.05) is 12.1 Å². The number of benzene rings is 1. The number of aryl methyl sites for hydroxylation is 2. The summed E-state index contributed by atoms with van der Waals surface area (Å²) in [5.74, 6) is -0.342. The molecule has 0 fully saturated rings. The Balaban J connectivity index is 1.85. The fourth-order valence-corrected chi connectivity index (χ4v) is 3.94. The number of carbonyl (C=O) groups is 1. The van der Waals surface area contributed by atoms with Crippen LogP contribution in [0.25, 0.3) is 11.0 Å². The van der Waals surface area contributed by atoms with Crippen LogP contribution in [0.2, 0.25) is 0 Å². The van der Waals surface area contributed by atoms with Crippen molar-refractivity contribution in [3.63, 3.8) is 0 Å². The highest BCUT2D eigenvalue weighted by molar-refractivity contribution is 7.10. The van der Waals surface area contributed by atoms with Crippen molar-refractivity contribution < 1.29 is 9.21 Å². The third kappa shape index (κ3) is 3.71. The van der Waals surface area contributed by atoms with Crippen molar-refractivity contribution in [2.75, 3.05) is 20.6 Å². The zero-order valence-corrected chi connectivity index (χ0v) is 16.1. The maximum Gasteiger partial charge on any atom is 0.287 e. The second-order valence-corrected chi connectivity index (χ2v) is 7.62. The summed E-state index contributed by atoms with van der Waals surface area (Å²) in [6, 6.07) is 9.09. The maximum atomic E-state index is 12.6. The molecular weight excluding hydrogens is 348 g/mol. The summed E-state index contributed by atoms with van der Waals surface area (Å²) in [4.78, 5) is 28.2. The first-order chi connectivity index (χ1) is 12.4. The van der Waals surface area contributed by atoms with Gasteiger partial charge in [-0.3, -0.25) is 9.59 Å². The van der Waals surface area contributed by atoms with Gasteiger partial charge in [0.15, 0.2) is 11.2 Å². The molecule has 0 aliphatic rings. The van der Waals surface area contributed by atoms with Gasteiger partial charge < -0.3 is 14.6 Å². The number of hydrogen-bond acceptors (Lipinski definition) is 5. The summed E-state index contributed by atoms with van der Waals surface area (Å²) in [6.45, 7) is 4.23. The molecule has 0 unspecified atom stereocenters. The molecule has 0 bridgehead atoms. The SMILES string of the molecule is Cc1cc(C)c2oc(C(=O)NC[C@H](c3cccs3)N(C)C)cc(=O)c2c1. The van der Waals surface area contributed by atoms with E-state index in [0.717, 1.165) is 11.1 Å². The molecule has 2 aromatic heterocycles. The molecular formula is C20H22N2O3S. The Morgan fingerprint density at radius 3 is 2.69 bits per heavy atom. The number of hydrogen-bond donors (Lipinski definition) is 1. The molecule has 2 heterocycles. The second-order valence-electron chi connectivity index (χ2n) is 6.64. The maximum absolute atomic E-state index is 12.6. The Kier molecular flexibility index (Phi) is 5.25. The van der Waals surface area contributed by atoms with Crippen LogP contribution in [0.15, 0.2) is 44.9 Å². The Bertz CT molecular complexity index is 990. The van der Waals surface area contributed by atoms with Crippen molar-refractivity contribution in [3.05, 3.63) is 67.7 Å². The minimum atomic E-state index is -0.382. The molecule has 1 amide bonds. The molecule has 0 spiro atoms. The normalized spacial score (nSPS) is 12.5. The summed E-state index contributed by atoms with van der Waals surface area (Å²) in [7, 11) is 3.94. The van der Waals surface area contributed by atoms with E-state index in [4.69, 9.17) is 4.42 Å². The van der Waals surface area contributed by atoms with E-state index in [1.165, 1.54) is 10.9 Å². The van der Waals surface area contributed by atoms with Gasteiger partial charge in [0, 0.05) is 17.5 Å². The largest absolute Gasteiger partial charge is 0.450 e. The minimum absolute atomic E-state index is 0.0399. The molecule has 1 N–H and O–H groups in total. The molecule has 0 radical (unpaired) electrons. The zero-order valence-electron chi connectivity index (χ0n) is 15.3. The molecule has 1 atom stereocenters. The first kappa shape index (κ1) is 18.4. The third-order valence-electron chi connectivity index (χ3n) is 4.33. The summed E-state index contributed by atoms with van der Waals surface area (Å²) in [6.07, 6.45) is 0. The highest BCUT2D eigenvalue weighted by Crippen LogP contribution is 2.23. The minimum Gasteiger partial charge on any atom is -0.450 e. The summed E-state index contributed by atoms with van der Waals surface area (Å²) in [5.41, 5.74) is 2.10. The Morgan fingerprint density at radius 2 is 2.04 bits per heavy atom. The molecule has 0 saturated carbocycles. The van der Waals surface area contributed by atoms with Gasteiger partial charge in [-0.2, -0.15) is 0 Å². The number of likely N-dealkylation sites (N-methyl/N-ethyl adjacent to an activating group) is 1. The Labute approximate surface area is 156 Å². The lowest BCUT2D eigenvalue weighted by Crippen LogP contribution is -2.34. The molecule has 1 aromatic carbocycles. The fraction of sp³-hybridized carbons (Fsp3) is 0.300. The van der Waals surface area contributed by atoms with E-state index < -0.39 is 0 Å². The fourth-order valence-electron chi connectivity index (χ4n) is 3.02. The summed E-state index contributed by atoms with van der Waals surface area (Å²) < 4.78 is 5.75. The van der Waals surface area contributed by atoms with Crippen molar-refractivity contribution in [3.8, 4) is 0 Å². The molecule has 5 nitrogen and oxygen atoms in total. The Hall–Kier alpha value is -2.44. The van der Waals surface area contributed by atoms with Gasteiger partial charge in [-0.05, 0) is 56.6 Å². The highest BCUT2D eigenvalue weighted by Gasteiger charge is 2.19. The van der Waals surface area contributed by atoms with E-state index in [0.29, 0.717) is 17.5 Å². The lowest BCUT2D eigenvalue weighted by atomic mass is 10.1. The number of carbonyl (C=O) groups excluding carboxylic acids is 1. The predicted molar refractivity (Wildman–Crippen MR) is 105 cm³/mol. The van der Waals surface area contributed by atoms with Crippen molar-refractivity contribution in [2.45, 2.75) is 19.9 Å². The number of nitrogens with zero attached hydrogens (tertiary/aromatic N) is 1. The van der Waals surface area contributed by atoms with E-state index in [1.54, 1.807) is 17.4 Å². The summed E-state index contributed by atoms with van der Waals surface area (Å²) in [5, 5.41) is 5.40. The molecule has 3 rings (SSSR count). The number of rotatable bonds is 5. The van der Waals surface area contributed by atoms with Gasteiger partial charge in [-0.15, -0.1) is 11.3 Å². The topological polar surface area (TPSA) is 62.6 Å². The van der Waals surface area contributed by atoms with Crippen molar-refractivity contribution in [1.29, 1.82) is 0 Å². The van der Waals surface area contributed by atoms with E-state index in [9.17, 15) is 9.59 Å². The van der Waals surface area contributed by atoms with Gasteiger partial charge in [0.2, 0.25) is 0 Å². The molecule has 136 valence electrons. The van der Waals surface area contributed by atoms with Crippen molar-refractivity contribution in [2.24, 2.45) is 0 Å². The summed E-state index contributed by atoms with van der Waals surface area (Å²) >= 11 is 1.65. The number of amides is 1. The predicted octanol–water partition coefficient (Wildman–Crippen LogP) is 3.50.